The van der Waals surface area contributed by atoms with Gasteiger partial charge in [0.05, 0.1) is 6.21 Å². The Morgan fingerprint density at radius 2 is 2.18 bits per heavy atom. The van der Waals surface area contributed by atoms with Gasteiger partial charge in [-0.2, -0.15) is 13.9 Å². The third kappa shape index (κ3) is 4.73. The molecule has 0 atom stereocenters. The maximum Gasteiger partial charge on any atom is 0.387 e. The molecule has 1 aromatic rings. The number of hydrogen-bond acceptors (Lipinski definition) is 3. The zero-order valence-electron chi connectivity index (χ0n) is 8.98. The third-order valence-corrected chi connectivity index (χ3v) is 2.03. The fraction of sp³-hybridized carbons (Fsp3) is 0.200. The fourth-order valence-corrected chi connectivity index (χ4v) is 1.06. The van der Waals surface area contributed by atoms with Gasteiger partial charge in [0.25, 0.3) is 0 Å². The van der Waals surface area contributed by atoms with Crippen molar-refractivity contribution in [1.29, 1.82) is 0 Å². The van der Waals surface area contributed by atoms with Crippen molar-refractivity contribution < 1.29 is 13.5 Å². The minimum Gasteiger partial charge on any atom is -0.434 e. The largest absolute Gasteiger partial charge is 0.434 e. The topological polar surface area (TPSA) is 45.7 Å². The molecular formula is C10H11F2N3OS. The maximum atomic E-state index is 12.1. The molecule has 1 rings (SSSR count). The lowest BCUT2D eigenvalue weighted by Crippen LogP contribution is -2.28. The molecule has 0 bridgehead atoms. The normalized spacial score (nSPS) is 10.6. The molecule has 0 unspecified atom stereocenters. The van der Waals surface area contributed by atoms with Crippen LogP contribution in [0.2, 0.25) is 0 Å². The number of halogens is 2. The first kappa shape index (κ1) is 13.3. The number of para-hydroxylation sites is 1. The molecule has 0 amide bonds. The van der Waals surface area contributed by atoms with E-state index in [4.69, 9.17) is 12.2 Å². The summed E-state index contributed by atoms with van der Waals surface area (Å²) in [6, 6.07) is 6.33. The van der Waals surface area contributed by atoms with Crippen LogP contribution in [-0.2, 0) is 0 Å². The number of thiocarbonyl (C=S) groups is 1. The Morgan fingerprint density at radius 1 is 1.47 bits per heavy atom. The lowest BCUT2D eigenvalue weighted by atomic mass is 10.2. The van der Waals surface area contributed by atoms with Crippen molar-refractivity contribution in [3.05, 3.63) is 29.8 Å². The molecule has 0 aliphatic rings. The van der Waals surface area contributed by atoms with Gasteiger partial charge < -0.3 is 10.1 Å². The highest BCUT2D eigenvalue weighted by Crippen LogP contribution is 2.18. The van der Waals surface area contributed by atoms with Crippen molar-refractivity contribution in [2.75, 3.05) is 7.05 Å². The molecule has 2 N–H and O–H groups in total. The zero-order valence-corrected chi connectivity index (χ0v) is 9.80. The van der Waals surface area contributed by atoms with Crippen LogP contribution in [0.3, 0.4) is 0 Å². The van der Waals surface area contributed by atoms with Crippen LogP contribution in [0.15, 0.2) is 29.4 Å². The summed E-state index contributed by atoms with van der Waals surface area (Å²) in [7, 11) is 1.64. The summed E-state index contributed by atoms with van der Waals surface area (Å²) < 4.78 is 28.5. The van der Waals surface area contributed by atoms with Gasteiger partial charge >= 0.3 is 6.61 Å². The standard InChI is InChI=1S/C10H11F2N3OS/c1-13-10(17)15-14-6-7-4-2-3-5-8(7)16-9(11)12/h2-6,9H,1H3,(H2,13,15,17)/b14-6-. The van der Waals surface area contributed by atoms with Gasteiger partial charge in [-0.05, 0) is 24.4 Å². The van der Waals surface area contributed by atoms with Gasteiger partial charge in [-0.3, -0.25) is 5.43 Å². The van der Waals surface area contributed by atoms with E-state index in [1.54, 1.807) is 25.2 Å². The number of ether oxygens (including phenoxy) is 1. The highest BCUT2D eigenvalue weighted by Gasteiger charge is 2.07. The Balaban J connectivity index is 2.72. The molecule has 7 heteroatoms. The van der Waals surface area contributed by atoms with Crippen LogP contribution in [-0.4, -0.2) is 25.0 Å². The number of benzene rings is 1. The van der Waals surface area contributed by atoms with E-state index in [1.165, 1.54) is 12.3 Å². The molecule has 0 aromatic heterocycles. The molecule has 0 saturated carbocycles. The molecule has 0 aliphatic carbocycles. The molecule has 0 radical (unpaired) electrons. The van der Waals surface area contributed by atoms with Crippen molar-refractivity contribution in [3.63, 3.8) is 0 Å². The highest BCUT2D eigenvalue weighted by atomic mass is 32.1. The van der Waals surface area contributed by atoms with Crippen molar-refractivity contribution >= 4 is 23.5 Å². The molecule has 0 fully saturated rings. The van der Waals surface area contributed by atoms with E-state index in [2.05, 4.69) is 20.6 Å². The number of nitrogens with one attached hydrogen (secondary N) is 2. The molecule has 4 nitrogen and oxygen atoms in total. The van der Waals surface area contributed by atoms with Crippen LogP contribution in [0.1, 0.15) is 5.56 Å². The van der Waals surface area contributed by atoms with Gasteiger partial charge in [-0.15, -0.1) is 0 Å². The molecular weight excluding hydrogens is 248 g/mol. The molecule has 1 aromatic carbocycles. The summed E-state index contributed by atoms with van der Waals surface area (Å²) in [5, 5.41) is 6.76. The number of nitrogens with zero attached hydrogens (tertiary/aromatic N) is 1. The SMILES string of the molecule is CNC(=S)N/N=C\c1ccccc1OC(F)F. The first-order valence-electron chi connectivity index (χ1n) is 4.68. The molecule has 17 heavy (non-hydrogen) atoms. The van der Waals surface area contributed by atoms with Gasteiger partial charge in [0.15, 0.2) is 5.11 Å². The van der Waals surface area contributed by atoms with Crippen LogP contribution in [0.4, 0.5) is 8.78 Å². The fourth-order valence-electron chi connectivity index (χ4n) is 1.01. The number of alkyl halides is 2. The summed E-state index contributed by atoms with van der Waals surface area (Å²) in [4.78, 5) is 0. The quantitative estimate of drug-likeness (QED) is 0.491. The van der Waals surface area contributed by atoms with Crippen molar-refractivity contribution in [3.8, 4) is 5.75 Å². The lowest BCUT2D eigenvalue weighted by Gasteiger charge is -2.07. The first-order chi connectivity index (χ1) is 8.13. The Hall–Kier alpha value is -1.76. The summed E-state index contributed by atoms with van der Waals surface area (Å²) in [6.07, 6.45) is 1.35. The minimum absolute atomic E-state index is 0.0587. The highest BCUT2D eigenvalue weighted by molar-refractivity contribution is 7.80. The predicted octanol–water partition coefficient (Wildman–Crippen LogP) is 1.72. The van der Waals surface area contributed by atoms with Gasteiger partial charge in [0.1, 0.15) is 5.75 Å². The van der Waals surface area contributed by atoms with E-state index in [9.17, 15) is 8.78 Å². The van der Waals surface area contributed by atoms with Gasteiger partial charge in [0.2, 0.25) is 0 Å². The average Bonchev–Trinajstić information content (AvgIpc) is 2.30. The minimum atomic E-state index is -2.86. The van der Waals surface area contributed by atoms with E-state index >= 15 is 0 Å². The Bertz CT molecular complexity index is 412. The summed E-state index contributed by atoms with van der Waals surface area (Å²) in [6.45, 7) is -2.86. The van der Waals surface area contributed by atoms with Crippen LogP contribution < -0.4 is 15.5 Å². The van der Waals surface area contributed by atoms with Crippen molar-refractivity contribution in [1.82, 2.24) is 10.7 Å². The van der Waals surface area contributed by atoms with Crippen LogP contribution in [0, 0.1) is 0 Å². The van der Waals surface area contributed by atoms with Gasteiger partial charge in [-0.1, -0.05) is 12.1 Å². The monoisotopic (exact) mass is 259 g/mol. The van der Waals surface area contributed by atoms with E-state index in [-0.39, 0.29) is 5.75 Å². The second kappa shape index (κ2) is 6.74. The number of rotatable bonds is 4. The lowest BCUT2D eigenvalue weighted by molar-refractivity contribution is -0.0499. The van der Waals surface area contributed by atoms with E-state index in [0.29, 0.717) is 10.7 Å². The molecule has 0 saturated heterocycles. The van der Waals surface area contributed by atoms with E-state index < -0.39 is 6.61 Å². The molecule has 92 valence electrons. The van der Waals surface area contributed by atoms with E-state index in [1.807, 2.05) is 0 Å². The Kier molecular flexibility index (Phi) is 5.28. The third-order valence-electron chi connectivity index (χ3n) is 1.73. The number of hydrogen-bond donors (Lipinski definition) is 2. The van der Waals surface area contributed by atoms with Crippen molar-refractivity contribution in [2.24, 2.45) is 5.10 Å². The smallest absolute Gasteiger partial charge is 0.387 e. The van der Waals surface area contributed by atoms with Gasteiger partial charge in [-0.25, -0.2) is 0 Å². The average molecular weight is 259 g/mol. The molecule has 0 heterocycles. The Morgan fingerprint density at radius 3 is 2.82 bits per heavy atom. The summed E-state index contributed by atoms with van der Waals surface area (Å²) in [5.41, 5.74) is 2.94. The number of hydrazone groups is 1. The second-order valence-electron chi connectivity index (χ2n) is 2.87. The Labute approximate surface area is 103 Å². The van der Waals surface area contributed by atoms with Crippen LogP contribution in [0.25, 0.3) is 0 Å². The predicted molar refractivity (Wildman–Crippen MR) is 65.5 cm³/mol. The summed E-state index contributed by atoms with van der Waals surface area (Å²) in [5.74, 6) is 0.0587. The first-order valence-corrected chi connectivity index (χ1v) is 5.09. The molecule has 0 aliphatic heterocycles. The van der Waals surface area contributed by atoms with Gasteiger partial charge in [0, 0.05) is 12.6 Å². The summed E-state index contributed by atoms with van der Waals surface area (Å²) >= 11 is 4.79. The molecule has 0 spiro atoms. The second-order valence-corrected chi connectivity index (χ2v) is 3.27. The van der Waals surface area contributed by atoms with Crippen LogP contribution >= 0.6 is 12.2 Å². The van der Waals surface area contributed by atoms with Crippen molar-refractivity contribution in [2.45, 2.75) is 6.61 Å². The zero-order chi connectivity index (χ0) is 12.7. The van der Waals surface area contributed by atoms with E-state index in [0.717, 1.165) is 0 Å². The van der Waals surface area contributed by atoms with Crippen LogP contribution in [0.5, 0.6) is 5.75 Å². The maximum absolute atomic E-state index is 12.1.